The van der Waals surface area contributed by atoms with Crippen LogP contribution in [0.15, 0.2) is 27.6 Å². The Kier molecular flexibility index (Phi) is 3.41. The summed E-state index contributed by atoms with van der Waals surface area (Å²) in [6.07, 6.45) is -2.89. The molecule has 0 unspecified atom stereocenters. The van der Waals surface area contributed by atoms with Crippen molar-refractivity contribution in [1.29, 1.82) is 0 Å². The van der Waals surface area contributed by atoms with E-state index in [-0.39, 0.29) is 12.4 Å². The molecule has 2 rings (SSSR count). The molecule has 0 saturated heterocycles. The molecule has 0 bridgehead atoms. The van der Waals surface area contributed by atoms with Crippen molar-refractivity contribution in [3.05, 3.63) is 46.0 Å². The summed E-state index contributed by atoms with van der Waals surface area (Å²) >= 11 is 0. The van der Waals surface area contributed by atoms with Crippen molar-refractivity contribution >= 4 is 0 Å². The first-order chi connectivity index (χ1) is 8.91. The van der Waals surface area contributed by atoms with Gasteiger partial charge in [0.15, 0.2) is 5.82 Å². The van der Waals surface area contributed by atoms with Crippen LogP contribution in [0.2, 0.25) is 0 Å². The second kappa shape index (κ2) is 4.87. The van der Waals surface area contributed by atoms with Gasteiger partial charge in [0.05, 0.1) is 0 Å². The Morgan fingerprint density at radius 2 is 2.16 bits per heavy atom. The number of halogens is 3. The van der Waals surface area contributed by atoms with Crippen LogP contribution < -0.4 is 5.56 Å². The van der Waals surface area contributed by atoms with Gasteiger partial charge in [-0.25, -0.2) is 0 Å². The zero-order valence-corrected chi connectivity index (χ0v) is 9.94. The minimum Gasteiger partial charge on any atom is -0.337 e. The van der Waals surface area contributed by atoms with Crippen LogP contribution in [-0.2, 0) is 19.1 Å². The van der Waals surface area contributed by atoms with E-state index < -0.39 is 17.3 Å². The molecular weight excluding hydrogens is 263 g/mol. The van der Waals surface area contributed by atoms with Gasteiger partial charge in [0, 0.05) is 12.6 Å². The van der Waals surface area contributed by atoms with Crippen molar-refractivity contribution in [2.24, 2.45) is 0 Å². The highest BCUT2D eigenvalue weighted by Gasteiger charge is 2.34. The van der Waals surface area contributed by atoms with Crippen molar-refractivity contribution < 1.29 is 17.7 Å². The molecule has 0 N–H and O–H groups in total. The number of aromatic nitrogens is 3. The average Bonchev–Trinajstić information content (AvgIpc) is 2.78. The van der Waals surface area contributed by atoms with E-state index in [2.05, 4.69) is 10.1 Å². The van der Waals surface area contributed by atoms with E-state index in [0.717, 1.165) is 16.7 Å². The highest BCUT2D eigenvalue weighted by atomic mass is 19.4. The minimum atomic E-state index is -4.68. The summed E-state index contributed by atoms with van der Waals surface area (Å²) in [4.78, 5) is 15.6. The van der Waals surface area contributed by atoms with Crippen molar-refractivity contribution in [3.8, 4) is 0 Å². The molecule has 0 aliphatic rings. The lowest BCUT2D eigenvalue weighted by atomic mass is 10.2. The van der Waals surface area contributed by atoms with Gasteiger partial charge >= 0.3 is 6.18 Å². The summed E-state index contributed by atoms with van der Waals surface area (Å²) in [5.74, 6) is 0.535. The molecule has 0 aliphatic heterocycles. The molecular formula is C11H10F3N3O2. The molecule has 19 heavy (non-hydrogen) atoms. The van der Waals surface area contributed by atoms with E-state index >= 15 is 0 Å². The largest absolute Gasteiger partial charge is 0.421 e. The van der Waals surface area contributed by atoms with Crippen LogP contribution in [0, 0.1) is 0 Å². The highest BCUT2D eigenvalue weighted by molar-refractivity contribution is 5.14. The normalized spacial score (nSPS) is 11.8. The number of pyridine rings is 1. The van der Waals surface area contributed by atoms with Gasteiger partial charge in [0.25, 0.3) is 5.56 Å². The predicted octanol–water partition coefficient (Wildman–Crippen LogP) is 1.86. The Hall–Kier alpha value is -2.12. The van der Waals surface area contributed by atoms with Gasteiger partial charge in [-0.3, -0.25) is 4.79 Å². The Bertz CT molecular complexity index is 631. The van der Waals surface area contributed by atoms with Crippen LogP contribution in [0.5, 0.6) is 0 Å². The van der Waals surface area contributed by atoms with Gasteiger partial charge in [-0.05, 0) is 12.1 Å². The van der Waals surface area contributed by atoms with Crippen LogP contribution in [0.1, 0.15) is 24.2 Å². The van der Waals surface area contributed by atoms with Crippen molar-refractivity contribution in [3.63, 3.8) is 0 Å². The SMILES string of the molecule is CCc1noc(Cn2cccc(C(F)(F)F)c2=O)n1. The third-order valence-corrected chi connectivity index (χ3v) is 2.46. The fourth-order valence-electron chi connectivity index (χ4n) is 1.52. The molecule has 2 aromatic heterocycles. The maximum Gasteiger partial charge on any atom is 0.421 e. The number of hydrogen-bond donors (Lipinski definition) is 0. The van der Waals surface area contributed by atoms with E-state index in [4.69, 9.17) is 4.52 Å². The third-order valence-electron chi connectivity index (χ3n) is 2.46. The minimum absolute atomic E-state index is 0.0956. The van der Waals surface area contributed by atoms with Crippen LogP contribution in [-0.4, -0.2) is 14.7 Å². The van der Waals surface area contributed by atoms with Gasteiger partial charge in [-0.2, -0.15) is 18.2 Å². The zero-order valence-electron chi connectivity index (χ0n) is 9.94. The number of aryl methyl sites for hydroxylation is 1. The topological polar surface area (TPSA) is 60.9 Å². The second-order valence-electron chi connectivity index (χ2n) is 3.81. The summed E-state index contributed by atoms with van der Waals surface area (Å²) in [5, 5.41) is 3.61. The van der Waals surface area contributed by atoms with Crippen molar-refractivity contribution in [2.75, 3.05) is 0 Å². The zero-order chi connectivity index (χ0) is 14.0. The lowest BCUT2D eigenvalue weighted by molar-refractivity contribution is -0.138. The molecule has 0 saturated carbocycles. The van der Waals surface area contributed by atoms with E-state index in [1.165, 1.54) is 6.20 Å². The van der Waals surface area contributed by atoms with Gasteiger partial charge in [0.2, 0.25) is 5.89 Å². The first kappa shape index (κ1) is 13.3. The summed E-state index contributed by atoms with van der Waals surface area (Å²) in [5.41, 5.74) is -2.35. The van der Waals surface area contributed by atoms with Crippen LogP contribution in [0.3, 0.4) is 0 Å². The summed E-state index contributed by atoms with van der Waals surface area (Å²) in [6.45, 7) is 1.63. The number of nitrogens with zero attached hydrogens (tertiary/aromatic N) is 3. The number of alkyl halides is 3. The number of hydrogen-bond acceptors (Lipinski definition) is 4. The Labute approximate surface area is 105 Å². The fourth-order valence-corrected chi connectivity index (χ4v) is 1.52. The maximum atomic E-state index is 12.6. The summed E-state index contributed by atoms with van der Waals surface area (Å²) in [6, 6.07) is 1.89. The van der Waals surface area contributed by atoms with Crippen LogP contribution in [0.25, 0.3) is 0 Å². The molecule has 0 radical (unpaired) electrons. The monoisotopic (exact) mass is 273 g/mol. The van der Waals surface area contributed by atoms with Gasteiger partial charge in [0.1, 0.15) is 12.1 Å². The molecule has 8 heteroatoms. The molecule has 0 amide bonds. The number of rotatable bonds is 3. The molecule has 0 aromatic carbocycles. The molecule has 0 spiro atoms. The van der Waals surface area contributed by atoms with Gasteiger partial charge < -0.3 is 9.09 Å². The molecule has 5 nitrogen and oxygen atoms in total. The van der Waals surface area contributed by atoms with E-state index in [1.54, 1.807) is 0 Å². The summed E-state index contributed by atoms with van der Waals surface area (Å²) in [7, 11) is 0. The Balaban J connectivity index is 2.34. The lowest BCUT2D eigenvalue weighted by Gasteiger charge is -2.08. The van der Waals surface area contributed by atoms with Crippen LogP contribution in [0.4, 0.5) is 13.2 Å². The standard InChI is InChI=1S/C11H10F3N3O2/c1-2-8-15-9(19-16-8)6-17-5-3-4-7(10(17)18)11(12,13)14/h3-5H,2,6H2,1H3. The molecule has 2 heterocycles. The second-order valence-corrected chi connectivity index (χ2v) is 3.81. The van der Waals surface area contributed by atoms with Crippen molar-refractivity contribution in [2.45, 2.75) is 26.1 Å². The molecule has 0 aliphatic carbocycles. The average molecular weight is 273 g/mol. The lowest BCUT2D eigenvalue weighted by Crippen LogP contribution is -2.28. The predicted molar refractivity (Wildman–Crippen MR) is 58.5 cm³/mol. The molecule has 2 aromatic rings. The van der Waals surface area contributed by atoms with E-state index in [0.29, 0.717) is 12.2 Å². The Morgan fingerprint density at radius 1 is 1.42 bits per heavy atom. The molecule has 0 fully saturated rings. The first-order valence-electron chi connectivity index (χ1n) is 5.50. The maximum absolute atomic E-state index is 12.6. The Morgan fingerprint density at radius 3 is 2.74 bits per heavy atom. The first-order valence-corrected chi connectivity index (χ1v) is 5.50. The molecule has 0 atom stereocenters. The highest BCUT2D eigenvalue weighted by Crippen LogP contribution is 2.26. The molecule has 102 valence electrons. The fraction of sp³-hybridized carbons (Fsp3) is 0.364. The van der Waals surface area contributed by atoms with Gasteiger partial charge in [-0.15, -0.1) is 0 Å². The summed E-state index contributed by atoms with van der Waals surface area (Å²) < 4.78 is 43.4. The van der Waals surface area contributed by atoms with Crippen molar-refractivity contribution in [1.82, 2.24) is 14.7 Å². The van der Waals surface area contributed by atoms with Crippen LogP contribution >= 0.6 is 0 Å². The quantitative estimate of drug-likeness (QED) is 0.856. The van der Waals surface area contributed by atoms with E-state index in [9.17, 15) is 18.0 Å². The van der Waals surface area contributed by atoms with Gasteiger partial charge in [-0.1, -0.05) is 12.1 Å². The smallest absolute Gasteiger partial charge is 0.337 e. The third kappa shape index (κ3) is 2.83. The van der Waals surface area contributed by atoms with E-state index in [1.807, 2.05) is 6.92 Å².